The molecule has 0 spiro atoms. The Bertz CT molecular complexity index is 7220. The van der Waals surface area contributed by atoms with Gasteiger partial charge in [0.15, 0.2) is 23.3 Å². The van der Waals surface area contributed by atoms with Gasteiger partial charge in [-0.15, -0.1) is 44.2 Å². The first-order chi connectivity index (χ1) is 73.0. The van der Waals surface area contributed by atoms with Crippen molar-refractivity contribution in [1.82, 2.24) is 99.4 Å². The number of nitrogens with zero attached hydrogens (tertiary/aromatic N) is 24. The molecule has 4 aromatic carbocycles. The number of benzene rings is 4. The largest absolute Gasteiger partial charge is 0.381 e. The highest BCUT2D eigenvalue weighted by atomic mass is 32.1. The minimum absolute atomic E-state index is 0.0176. The van der Waals surface area contributed by atoms with Crippen molar-refractivity contribution in [3.05, 3.63) is 189 Å². The Balaban J connectivity index is 0.000000113. The summed E-state index contributed by atoms with van der Waals surface area (Å²) in [6, 6.07) is 21.6. The van der Waals surface area contributed by atoms with Crippen LogP contribution in [-0.4, -0.2) is 226 Å². The Morgan fingerprint density at radius 2 is 0.840 bits per heavy atom. The first-order valence-electron chi connectivity index (χ1n) is 52.9. The van der Waals surface area contributed by atoms with Crippen LogP contribution in [0.5, 0.6) is 0 Å². The Labute approximate surface area is 885 Å². The average molecular weight is 2120 g/mol. The lowest BCUT2D eigenvalue weighted by molar-refractivity contribution is -0.129. The minimum atomic E-state index is -2.62. The predicted molar refractivity (Wildman–Crippen MR) is 573 cm³/mol. The first kappa shape index (κ1) is 102. The molecule has 5 amide bonds. The number of carbonyl (C=O) groups is 3. The number of halogens is 4. The molecule has 12 aliphatic rings. The number of aromatic nitrogens is 15. The average Bonchev–Trinajstić information content (AvgIpc) is 1.59. The number of nitriles is 1. The summed E-state index contributed by atoms with van der Waals surface area (Å²) in [7, 11) is 5.24. The molecule has 41 heteroatoms. The van der Waals surface area contributed by atoms with Crippen molar-refractivity contribution in [3.63, 3.8) is 0 Å². The summed E-state index contributed by atoms with van der Waals surface area (Å²) in [5, 5.41) is 54.3. The van der Waals surface area contributed by atoms with Gasteiger partial charge in [0.1, 0.15) is 5.01 Å². The standard InChI is InChI=1S/C28H34F2N6O2S.C27H32F2N6O2S.C27H32N8OS.C27H30N6O2S/c1-16-25(39-17(2)32-16)20-13-18-5-4-9-35(24(18)14-21(20)26(29)30)27-22-15-34(28(37)31-3)10-6-23(22)36(33-27)19-7-11-38-12-8-19;1-16-31-14-24(38-16)19-12-17-4-3-8-34(23(17)13-20(19)25(28)29)26-21-15-33(27(36)30-2)9-5-22(21)35(32-26)18-6-10-37-11-7-18;1-18-29-30-27(37-18)33-11-7-25-23(17-33)26(31-35(25)22-8-12-36-13-9-22)34-10-3-4-20-14-19(5-6-24(20)34)21-15-28-32(2)16-21;1-17-29-15-26(36-17)22-12-19-4-3-8-32(25(19)13-20(22)14-28)27-23-16-31(18(2)34)9-5-24(23)33(30-27)21-6-10-35-11-7-21/h13-14,19,26H,4-12,15H2,1-3H3,(H,31,37);12-14,18,25H,3-11,15H2,1-2H3,(H,30,36);5-6,14-16,22H,3-4,7-13,17H2,1-2H3;12-13,15,21H,3-11,16H2,1-2H3. The van der Waals surface area contributed by atoms with E-state index in [1.54, 1.807) is 71.8 Å². The number of ether oxygens (including phenoxy) is 4. The third-order valence-corrected chi connectivity index (χ3v) is 35.4. The van der Waals surface area contributed by atoms with E-state index in [1.165, 1.54) is 62.0 Å². The first-order valence-corrected chi connectivity index (χ1v) is 56.2. The van der Waals surface area contributed by atoms with Crippen LogP contribution in [0.1, 0.15) is 231 Å². The molecule has 2 N–H and O–H groups in total. The number of carbonyl (C=O) groups excluding carboxylic acids is 3. The summed E-state index contributed by atoms with van der Waals surface area (Å²) in [5.41, 5.74) is 24.0. The number of thiazole rings is 3. The summed E-state index contributed by atoms with van der Waals surface area (Å²) < 4.78 is 91.1. The molecule has 4 fully saturated rings. The van der Waals surface area contributed by atoms with Gasteiger partial charge in [0.2, 0.25) is 11.0 Å². The second-order valence-corrected chi connectivity index (χ2v) is 45.7. The second kappa shape index (κ2) is 44.0. The molecule has 0 atom stereocenters. The van der Waals surface area contributed by atoms with Gasteiger partial charge in [0.05, 0.1) is 104 Å². The molecule has 12 aliphatic heterocycles. The highest BCUT2D eigenvalue weighted by molar-refractivity contribution is 7.16. The van der Waals surface area contributed by atoms with Crippen molar-refractivity contribution >= 4 is 114 Å². The molecule has 0 bridgehead atoms. The van der Waals surface area contributed by atoms with Crippen molar-refractivity contribution < 1.29 is 50.9 Å². The molecule has 0 aliphatic carbocycles. The van der Waals surface area contributed by atoms with Gasteiger partial charge >= 0.3 is 12.1 Å². The highest BCUT2D eigenvalue weighted by Crippen LogP contribution is 2.52. The van der Waals surface area contributed by atoms with Crippen molar-refractivity contribution in [3.8, 4) is 48.5 Å². The molecular formula is C109H128F4N26O7S4. The zero-order chi connectivity index (χ0) is 103. The molecule has 9 aromatic heterocycles. The molecule has 21 heterocycles. The van der Waals surface area contributed by atoms with E-state index in [0.29, 0.717) is 114 Å². The van der Waals surface area contributed by atoms with Crippen molar-refractivity contribution in [1.29, 1.82) is 5.26 Å². The van der Waals surface area contributed by atoms with Crippen LogP contribution in [0.15, 0.2) is 79.4 Å². The predicted octanol–water partition coefficient (Wildman–Crippen LogP) is 20.0. The molecule has 4 saturated heterocycles. The molecular weight excluding hydrogens is 1990 g/mol. The number of fused-ring (bicyclic) bond motifs is 8. The van der Waals surface area contributed by atoms with Gasteiger partial charge in [-0.25, -0.2) is 42.1 Å². The van der Waals surface area contributed by atoms with Gasteiger partial charge in [-0.3, -0.25) is 28.2 Å². The van der Waals surface area contributed by atoms with Crippen LogP contribution < -0.4 is 35.1 Å². The van der Waals surface area contributed by atoms with Gasteiger partial charge in [-0.2, -0.15) is 30.8 Å². The minimum Gasteiger partial charge on any atom is -0.381 e. The van der Waals surface area contributed by atoms with Gasteiger partial charge in [0, 0.05) is 279 Å². The maximum Gasteiger partial charge on any atom is 0.317 e. The van der Waals surface area contributed by atoms with Crippen LogP contribution in [0.4, 0.5) is 78.3 Å². The van der Waals surface area contributed by atoms with Crippen molar-refractivity contribution in [2.24, 2.45) is 7.05 Å². The monoisotopic (exact) mass is 2120 g/mol. The SMILES string of the molecule is CC(=O)N1CCc2c(c(N3CCCc4cc(-c5cnc(C)s5)c(C#N)cc43)nn2C2CCOCC2)C1.CNC(=O)N1CCc2c(c(N3CCCc4cc(-c5cnc(C)s5)c(C(F)F)cc43)nn2C2CCOCC2)C1.CNC(=O)N1CCc2c(c(N3CCCc4cc(-c5sc(C)nc5C)c(C(F)F)cc43)nn2C2CCOCC2)C1.Cc1nnc(N2CCc3c(c(N4CCCc5cc(-c6cnn(C)c6)ccc54)nn3C3CCOCC3)C2)s1. The number of rotatable bonds is 15. The smallest absolute Gasteiger partial charge is 0.317 e. The van der Waals surface area contributed by atoms with Crippen LogP contribution in [0.3, 0.4) is 0 Å². The zero-order valence-corrected chi connectivity index (χ0v) is 89.8. The fourth-order valence-electron chi connectivity index (χ4n) is 24.0. The van der Waals surface area contributed by atoms with Crippen LogP contribution in [-0.2, 0) is 108 Å². The molecule has 0 radical (unpaired) electrons. The Kier molecular flexibility index (Phi) is 29.9. The number of amides is 5. The maximum atomic E-state index is 14.5. The normalized spacial score (nSPS) is 18.0. The summed E-state index contributed by atoms with van der Waals surface area (Å²) in [6.45, 7) is 25.6. The lowest BCUT2D eigenvalue weighted by Crippen LogP contribution is -2.42. The quantitative estimate of drug-likeness (QED) is 0.0901. The third kappa shape index (κ3) is 20.4. The molecule has 25 rings (SSSR count). The fourth-order valence-corrected chi connectivity index (χ4v) is 27.3. The van der Waals surface area contributed by atoms with Gasteiger partial charge in [-0.1, -0.05) is 17.4 Å². The summed E-state index contributed by atoms with van der Waals surface area (Å²) in [4.78, 5) is 70.1. The van der Waals surface area contributed by atoms with E-state index in [1.807, 2.05) is 81.8 Å². The Morgan fingerprint density at radius 3 is 1.24 bits per heavy atom. The zero-order valence-electron chi connectivity index (χ0n) is 86.5. The van der Waals surface area contributed by atoms with Gasteiger partial charge < -0.3 is 68.8 Å². The number of hydrogen-bond donors (Lipinski definition) is 2. The van der Waals surface area contributed by atoms with E-state index >= 15 is 0 Å². The van der Waals surface area contributed by atoms with Crippen molar-refractivity contribution in [2.45, 2.75) is 233 Å². The van der Waals surface area contributed by atoms with Crippen LogP contribution in [0.25, 0.3) is 42.4 Å². The van der Waals surface area contributed by atoms with E-state index in [9.17, 15) is 37.2 Å². The lowest BCUT2D eigenvalue weighted by atomic mass is 9.94. The van der Waals surface area contributed by atoms with E-state index in [4.69, 9.17) is 39.3 Å². The maximum absolute atomic E-state index is 14.5. The fraction of sp³-hybridized carbons (Fsp3) is 0.505. The molecule has 0 unspecified atom stereocenters. The Hall–Kier alpha value is -12.6. The number of urea groups is 2. The molecule has 13 aromatic rings. The van der Waals surface area contributed by atoms with E-state index in [0.717, 1.165) is 311 Å². The molecule has 0 saturated carbocycles. The topological polar surface area (TPSA) is 315 Å². The molecule has 150 heavy (non-hydrogen) atoms. The number of anilines is 9. The number of alkyl halides is 4. The lowest BCUT2D eigenvalue weighted by Gasteiger charge is -2.33. The number of aryl methyl sites for hydroxylation is 10. The summed E-state index contributed by atoms with van der Waals surface area (Å²) >= 11 is 6.19. The van der Waals surface area contributed by atoms with Gasteiger partial charge in [-0.05, 0) is 214 Å². The van der Waals surface area contributed by atoms with Crippen LogP contribution in [0.2, 0.25) is 0 Å². The van der Waals surface area contributed by atoms with E-state index in [-0.39, 0.29) is 41.2 Å². The highest BCUT2D eigenvalue weighted by Gasteiger charge is 2.42. The van der Waals surface area contributed by atoms with Gasteiger partial charge in [0.25, 0.3) is 12.9 Å². The van der Waals surface area contributed by atoms with Crippen LogP contribution in [0, 0.1) is 45.9 Å². The Morgan fingerprint density at radius 1 is 0.433 bits per heavy atom. The van der Waals surface area contributed by atoms with Crippen molar-refractivity contribution in [2.75, 3.05) is 144 Å². The second-order valence-electron chi connectivity index (χ2n) is 40.8. The molecule has 33 nitrogen and oxygen atoms in total. The number of nitrogens with one attached hydrogen (secondary N) is 2. The third-order valence-electron chi connectivity index (χ3n) is 31.5. The van der Waals surface area contributed by atoms with Crippen LogP contribution >= 0.6 is 45.3 Å². The van der Waals surface area contributed by atoms with E-state index < -0.39 is 12.9 Å². The summed E-state index contributed by atoms with van der Waals surface area (Å²) in [5.74, 6) is 3.71. The molecule has 788 valence electrons. The summed E-state index contributed by atoms with van der Waals surface area (Å²) in [6.07, 6.45) is 20.6. The van der Waals surface area contributed by atoms with E-state index in [2.05, 4.69) is 121 Å². The number of hydrogen-bond acceptors (Lipinski definition) is 27.